The fourth-order valence-corrected chi connectivity index (χ4v) is 2.96. The zero-order valence-electron chi connectivity index (χ0n) is 11.7. The van der Waals surface area contributed by atoms with Crippen molar-refractivity contribution in [3.8, 4) is 0 Å². The van der Waals surface area contributed by atoms with Gasteiger partial charge in [-0.2, -0.15) is 0 Å². The molecule has 0 saturated heterocycles. The molecule has 9 heteroatoms. The zero-order chi connectivity index (χ0) is 16.3. The quantitative estimate of drug-likeness (QED) is 0.748. The summed E-state index contributed by atoms with van der Waals surface area (Å²) in [7, 11) is 0. The molecule has 0 aliphatic heterocycles. The van der Waals surface area contributed by atoms with Crippen LogP contribution in [0.5, 0.6) is 0 Å². The normalized spacial score (nSPS) is 11.0. The van der Waals surface area contributed by atoms with Crippen LogP contribution < -0.4 is 5.32 Å². The summed E-state index contributed by atoms with van der Waals surface area (Å²) in [5, 5.41) is 11.7. The molecule has 22 heavy (non-hydrogen) atoms. The van der Waals surface area contributed by atoms with Crippen molar-refractivity contribution < 1.29 is 9.21 Å². The summed E-state index contributed by atoms with van der Waals surface area (Å²) in [6.45, 7) is 3.89. The summed E-state index contributed by atoms with van der Waals surface area (Å²) >= 11 is 19.0. The van der Waals surface area contributed by atoms with Gasteiger partial charge in [0.1, 0.15) is 0 Å². The molecule has 2 aromatic rings. The van der Waals surface area contributed by atoms with Gasteiger partial charge in [-0.1, -0.05) is 60.4 Å². The first-order valence-corrected chi connectivity index (χ1v) is 8.39. The molecule has 0 radical (unpaired) electrons. The average molecular weight is 381 g/mol. The Morgan fingerprint density at radius 1 is 1.27 bits per heavy atom. The third-order valence-corrected chi connectivity index (χ3v) is 4.15. The molecular weight excluding hydrogens is 369 g/mol. The number of benzene rings is 1. The number of halogens is 3. The molecule has 118 valence electrons. The Hall–Kier alpha value is -0.950. The van der Waals surface area contributed by atoms with E-state index in [2.05, 4.69) is 15.5 Å². The molecule has 0 bridgehead atoms. The largest absolute Gasteiger partial charge is 0.416 e. The van der Waals surface area contributed by atoms with E-state index in [9.17, 15) is 4.79 Å². The molecule has 1 aromatic heterocycles. The van der Waals surface area contributed by atoms with Crippen LogP contribution in [0.1, 0.15) is 25.7 Å². The van der Waals surface area contributed by atoms with E-state index in [1.165, 1.54) is 12.1 Å². The first-order chi connectivity index (χ1) is 10.4. The summed E-state index contributed by atoms with van der Waals surface area (Å²) < 4.78 is 5.40. The Morgan fingerprint density at radius 2 is 1.91 bits per heavy atom. The minimum Gasteiger partial charge on any atom is -0.416 e. The van der Waals surface area contributed by atoms with Gasteiger partial charge >= 0.3 is 0 Å². The van der Waals surface area contributed by atoms with E-state index < -0.39 is 0 Å². The van der Waals surface area contributed by atoms with E-state index in [1.807, 2.05) is 13.8 Å². The summed E-state index contributed by atoms with van der Waals surface area (Å²) in [5.74, 6) is 0.476. The molecular formula is C13H12Cl3N3O2S. The Bertz CT molecular complexity index is 668. The average Bonchev–Trinajstić information content (AvgIpc) is 2.89. The number of carbonyl (C=O) groups is 1. The standard InChI is InChI=1S/C13H12Cl3N3O2S/c1-6(2)12-18-19-13(21-12)22-5-10(20)17-11-8(15)3-7(14)4-9(11)16/h3-4,6H,5H2,1-2H3,(H,17,20). The lowest BCUT2D eigenvalue weighted by Crippen LogP contribution is -2.14. The van der Waals surface area contributed by atoms with Gasteiger partial charge in [0.25, 0.3) is 5.22 Å². The van der Waals surface area contributed by atoms with E-state index in [0.717, 1.165) is 11.8 Å². The van der Waals surface area contributed by atoms with E-state index in [-0.39, 0.29) is 27.6 Å². The Balaban J connectivity index is 1.96. The lowest BCUT2D eigenvalue weighted by atomic mass is 10.2. The van der Waals surface area contributed by atoms with Crippen molar-refractivity contribution in [1.82, 2.24) is 10.2 Å². The van der Waals surface area contributed by atoms with Crippen LogP contribution in [0.25, 0.3) is 0 Å². The van der Waals surface area contributed by atoms with E-state index in [4.69, 9.17) is 39.2 Å². The van der Waals surface area contributed by atoms with Gasteiger partial charge in [-0.05, 0) is 12.1 Å². The third-order valence-electron chi connectivity index (χ3n) is 2.51. The van der Waals surface area contributed by atoms with Crippen LogP contribution in [-0.4, -0.2) is 21.9 Å². The first kappa shape index (κ1) is 17.4. The van der Waals surface area contributed by atoms with Crippen molar-refractivity contribution in [2.24, 2.45) is 0 Å². The zero-order valence-corrected chi connectivity index (χ0v) is 14.8. The molecule has 1 amide bonds. The maximum absolute atomic E-state index is 11.9. The second kappa shape index (κ2) is 7.55. The van der Waals surface area contributed by atoms with Crippen molar-refractivity contribution in [2.45, 2.75) is 25.0 Å². The second-order valence-corrected chi connectivity index (χ2v) is 6.82. The molecule has 0 aliphatic rings. The molecule has 0 fully saturated rings. The fraction of sp³-hybridized carbons (Fsp3) is 0.308. The number of amides is 1. The number of hydrogen-bond acceptors (Lipinski definition) is 5. The summed E-state index contributed by atoms with van der Waals surface area (Å²) in [5.41, 5.74) is 0.326. The monoisotopic (exact) mass is 379 g/mol. The number of nitrogens with zero attached hydrogens (tertiary/aromatic N) is 2. The van der Waals surface area contributed by atoms with E-state index in [1.54, 1.807) is 0 Å². The van der Waals surface area contributed by atoms with Gasteiger partial charge in [0.15, 0.2) is 0 Å². The van der Waals surface area contributed by atoms with E-state index >= 15 is 0 Å². The summed E-state index contributed by atoms with van der Waals surface area (Å²) in [6.07, 6.45) is 0. The number of thioether (sulfide) groups is 1. The molecule has 5 nitrogen and oxygen atoms in total. The highest BCUT2D eigenvalue weighted by atomic mass is 35.5. The molecule has 0 spiro atoms. The lowest BCUT2D eigenvalue weighted by molar-refractivity contribution is -0.113. The van der Waals surface area contributed by atoms with Crippen molar-refractivity contribution in [1.29, 1.82) is 0 Å². The van der Waals surface area contributed by atoms with Crippen LogP contribution in [0, 0.1) is 0 Å². The number of carbonyl (C=O) groups excluding carboxylic acids is 1. The lowest BCUT2D eigenvalue weighted by Gasteiger charge is -2.09. The number of nitrogens with one attached hydrogen (secondary N) is 1. The van der Waals surface area contributed by atoms with Gasteiger partial charge in [-0.25, -0.2) is 0 Å². The molecule has 0 unspecified atom stereocenters. The highest BCUT2D eigenvalue weighted by Gasteiger charge is 2.14. The van der Waals surface area contributed by atoms with Crippen LogP contribution in [0.15, 0.2) is 21.8 Å². The van der Waals surface area contributed by atoms with Gasteiger partial charge in [0, 0.05) is 10.9 Å². The van der Waals surface area contributed by atoms with Crippen molar-refractivity contribution in [3.05, 3.63) is 33.1 Å². The predicted molar refractivity (Wildman–Crippen MR) is 89.2 cm³/mol. The van der Waals surface area contributed by atoms with Gasteiger partial charge in [0.05, 0.1) is 21.5 Å². The highest BCUT2D eigenvalue weighted by molar-refractivity contribution is 7.99. The molecule has 0 aliphatic carbocycles. The van der Waals surface area contributed by atoms with Crippen LogP contribution in [0.4, 0.5) is 5.69 Å². The van der Waals surface area contributed by atoms with Crippen LogP contribution in [0.3, 0.4) is 0 Å². The molecule has 0 atom stereocenters. The SMILES string of the molecule is CC(C)c1nnc(SCC(=O)Nc2c(Cl)cc(Cl)cc2Cl)o1. The van der Waals surface area contributed by atoms with Crippen molar-refractivity contribution >= 4 is 58.2 Å². The second-order valence-electron chi connectivity index (χ2n) is 4.64. The van der Waals surface area contributed by atoms with Gasteiger partial charge in [0.2, 0.25) is 11.8 Å². The molecule has 1 N–H and O–H groups in total. The summed E-state index contributed by atoms with van der Waals surface area (Å²) in [4.78, 5) is 11.9. The van der Waals surface area contributed by atoms with Crippen LogP contribution >= 0.6 is 46.6 Å². The Morgan fingerprint density at radius 3 is 2.45 bits per heavy atom. The number of anilines is 1. The molecule has 0 saturated carbocycles. The van der Waals surface area contributed by atoms with Crippen LogP contribution in [-0.2, 0) is 4.79 Å². The fourth-order valence-electron chi connectivity index (χ4n) is 1.48. The maximum atomic E-state index is 11.9. The minimum absolute atomic E-state index is 0.0923. The predicted octanol–water partition coefficient (Wildman–Crippen LogP) is 4.88. The molecule has 2 rings (SSSR count). The van der Waals surface area contributed by atoms with Gasteiger partial charge in [-0.15, -0.1) is 10.2 Å². The number of aromatic nitrogens is 2. The van der Waals surface area contributed by atoms with Crippen molar-refractivity contribution in [3.63, 3.8) is 0 Å². The molecule has 1 heterocycles. The van der Waals surface area contributed by atoms with Crippen LogP contribution in [0.2, 0.25) is 15.1 Å². The minimum atomic E-state index is -0.291. The Kier molecular flexibility index (Phi) is 5.97. The third kappa shape index (κ3) is 4.52. The van der Waals surface area contributed by atoms with Gasteiger partial charge in [-0.3, -0.25) is 4.79 Å². The Labute approximate surface area is 146 Å². The number of rotatable bonds is 5. The maximum Gasteiger partial charge on any atom is 0.277 e. The smallest absolute Gasteiger partial charge is 0.277 e. The highest BCUT2D eigenvalue weighted by Crippen LogP contribution is 2.33. The van der Waals surface area contributed by atoms with Gasteiger partial charge < -0.3 is 9.73 Å². The van der Waals surface area contributed by atoms with E-state index in [0.29, 0.717) is 21.8 Å². The van der Waals surface area contributed by atoms with Crippen molar-refractivity contribution in [2.75, 3.05) is 11.1 Å². The summed E-state index contributed by atoms with van der Waals surface area (Å²) in [6, 6.07) is 3.01. The molecule has 1 aromatic carbocycles. The topological polar surface area (TPSA) is 68.0 Å². The first-order valence-electron chi connectivity index (χ1n) is 6.27. The number of hydrogen-bond donors (Lipinski definition) is 1.